The molecule has 1 aliphatic heterocycles. The third kappa shape index (κ3) is 4.89. The van der Waals surface area contributed by atoms with Crippen LogP contribution < -0.4 is 5.32 Å². The average Bonchev–Trinajstić information content (AvgIpc) is 2.98. The Bertz CT molecular complexity index is 654. The van der Waals surface area contributed by atoms with Crippen LogP contribution in [0, 0.1) is 11.6 Å². The summed E-state index contributed by atoms with van der Waals surface area (Å²) >= 11 is 0. The minimum absolute atomic E-state index is 0. The van der Waals surface area contributed by atoms with Gasteiger partial charge in [0.05, 0.1) is 5.69 Å². The quantitative estimate of drug-likeness (QED) is 0.880. The largest absolute Gasteiger partial charge is 0.444 e. The molecule has 0 bridgehead atoms. The Balaban J connectivity index is 0.00000144. The lowest BCUT2D eigenvalue weighted by Gasteiger charge is -2.31. The van der Waals surface area contributed by atoms with Crippen molar-refractivity contribution < 1.29 is 13.2 Å². The molecule has 0 aliphatic carbocycles. The number of likely N-dealkylation sites (tertiary alicyclic amines) is 1. The van der Waals surface area contributed by atoms with Gasteiger partial charge in [-0.05, 0) is 44.6 Å². The fraction of sp³-hybridized carbons (Fsp3) is 0.438. The van der Waals surface area contributed by atoms with Gasteiger partial charge in [-0.25, -0.2) is 13.8 Å². The number of likely N-dealkylation sites (N-methyl/N-ethyl adjacent to an activating group) is 1. The van der Waals surface area contributed by atoms with Crippen LogP contribution in [-0.4, -0.2) is 36.1 Å². The minimum Gasteiger partial charge on any atom is -0.444 e. The lowest BCUT2D eigenvalue weighted by molar-refractivity contribution is 0.186. The molecule has 1 N–H and O–H groups in total. The van der Waals surface area contributed by atoms with E-state index in [4.69, 9.17) is 4.42 Å². The van der Waals surface area contributed by atoms with Gasteiger partial charge in [0.1, 0.15) is 6.26 Å². The zero-order valence-electron chi connectivity index (χ0n) is 13.3. The fourth-order valence-corrected chi connectivity index (χ4v) is 2.81. The number of rotatable bonds is 4. The highest BCUT2D eigenvalue weighted by Gasteiger charge is 2.19. The van der Waals surface area contributed by atoms with Crippen molar-refractivity contribution in [3.05, 3.63) is 41.8 Å². The van der Waals surface area contributed by atoms with Gasteiger partial charge in [0.25, 0.3) is 0 Å². The molecular weight excluding hydrogens is 359 g/mol. The topological polar surface area (TPSA) is 41.3 Å². The molecule has 24 heavy (non-hydrogen) atoms. The molecule has 4 nitrogen and oxygen atoms in total. The van der Waals surface area contributed by atoms with E-state index in [-0.39, 0.29) is 24.8 Å². The molecule has 1 atom stereocenters. The van der Waals surface area contributed by atoms with E-state index < -0.39 is 11.6 Å². The number of hydrogen-bond acceptors (Lipinski definition) is 4. The highest BCUT2D eigenvalue weighted by molar-refractivity contribution is 5.85. The number of hydrogen-bond donors (Lipinski definition) is 1. The van der Waals surface area contributed by atoms with Gasteiger partial charge in [0.15, 0.2) is 11.6 Å². The Labute approximate surface area is 152 Å². The molecule has 2 heterocycles. The number of nitrogens with one attached hydrogen (secondary N) is 1. The van der Waals surface area contributed by atoms with Gasteiger partial charge in [-0.3, -0.25) is 4.90 Å². The van der Waals surface area contributed by atoms with E-state index in [1.54, 1.807) is 6.26 Å². The molecule has 134 valence electrons. The molecule has 1 unspecified atom stereocenters. The molecule has 0 amide bonds. The van der Waals surface area contributed by atoms with Crippen molar-refractivity contribution in [2.45, 2.75) is 25.4 Å². The normalized spacial score (nSPS) is 17.9. The van der Waals surface area contributed by atoms with E-state index in [1.165, 1.54) is 12.5 Å². The molecule has 0 saturated carbocycles. The van der Waals surface area contributed by atoms with E-state index >= 15 is 0 Å². The van der Waals surface area contributed by atoms with Crippen LogP contribution in [0.15, 0.2) is 28.9 Å². The molecule has 0 spiro atoms. The molecule has 1 aromatic carbocycles. The molecule has 1 aromatic heterocycles. The zero-order chi connectivity index (χ0) is 15.5. The zero-order valence-corrected chi connectivity index (χ0v) is 14.9. The van der Waals surface area contributed by atoms with Crippen molar-refractivity contribution in [1.29, 1.82) is 0 Å². The molecule has 1 aliphatic rings. The Morgan fingerprint density at radius 2 is 2.08 bits per heavy atom. The van der Waals surface area contributed by atoms with Gasteiger partial charge in [0.2, 0.25) is 5.89 Å². The number of nitrogens with zero attached hydrogens (tertiary/aromatic N) is 2. The monoisotopic (exact) mass is 379 g/mol. The highest BCUT2D eigenvalue weighted by atomic mass is 35.5. The van der Waals surface area contributed by atoms with E-state index in [0.29, 0.717) is 24.0 Å². The van der Waals surface area contributed by atoms with Crippen LogP contribution >= 0.6 is 24.8 Å². The number of benzene rings is 1. The highest BCUT2D eigenvalue weighted by Crippen LogP contribution is 2.22. The SMILES string of the molecule is CNC1CCCN(Cc2coc(-c3ccc(F)c(F)c3)n2)C1.Cl.Cl. The fourth-order valence-electron chi connectivity index (χ4n) is 2.81. The predicted molar refractivity (Wildman–Crippen MR) is 93.7 cm³/mol. The van der Waals surface area contributed by atoms with E-state index in [9.17, 15) is 8.78 Å². The number of piperidine rings is 1. The number of oxazole rings is 1. The summed E-state index contributed by atoms with van der Waals surface area (Å²) in [6.45, 7) is 2.71. The molecule has 3 rings (SSSR count). The predicted octanol–water partition coefficient (Wildman–Crippen LogP) is 3.65. The molecule has 2 aromatic rings. The third-order valence-corrected chi connectivity index (χ3v) is 4.02. The second kappa shape index (κ2) is 9.32. The first-order chi connectivity index (χ1) is 10.7. The van der Waals surface area contributed by atoms with Gasteiger partial charge in [0, 0.05) is 24.7 Å². The molecule has 0 radical (unpaired) electrons. The maximum atomic E-state index is 13.3. The van der Waals surface area contributed by atoms with Crippen LogP contribution in [0.3, 0.4) is 0 Å². The maximum absolute atomic E-state index is 13.3. The lowest BCUT2D eigenvalue weighted by Crippen LogP contribution is -2.43. The van der Waals surface area contributed by atoms with Crippen molar-refractivity contribution in [2.75, 3.05) is 20.1 Å². The summed E-state index contributed by atoms with van der Waals surface area (Å²) in [7, 11) is 1.98. The Morgan fingerprint density at radius 3 is 2.79 bits per heavy atom. The lowest BCUT2D eigenvalue weighted by atomic mass is 10.1. The van der Waals surface area contributed by atoms with Crippen LogP contribution in [0.2, 0.25) is 0 Å². The molecule has 8 heteroatoms. The van der Waals surface area contributed by atoms with Crippen LogP contribution in [0.1, 0.15) is 18.5 Å². The standard InChI is InChI=1S/C16H19F2N3O.2ClH/c1-19-12-3-2-6-21(8-12)9-13-10-22-16(20-13)11-4-5-14(17)15(18)7-11;;/h4-5,7,10,12,19H,2-3,6,8-9H2,1H3;2*1H. The average molecular weight is 380 g/mol. The smallest absolute Gasteiger partial charge is 0.226 e. The summed E-state index contributed by atoms with van der Waals surface area (Å²) in [4.78, 5) is 6.70. The van der Waals surface area contributed by atoms with E-state index in [0.717, 1.165) is 37.3 Å². The summed E-state index contributed by atoms with van der Waals surface area (Å²) in [5, 5.41) is 3.30. The Kier molecular flexibility index (Phi) is 8.09. The summed E-state index contributed by atoms with van der Waals surface area (Å²) in [6.07, 6.45) is 3.92. The van der Waals surface area contributed by atoms with Crippen LogP contribution in [0.5, 0.6) is 0 Å². The van der Waals surface area contributed by atoms with Gasteiger partial charge >= 0.3 is 0 Å². The van der Waals surface area contributed by atoms with Crippen LogP contribution in [-0.2, 0) is 6.54 Å². The van der Waals surface area contributed by atoms with Crippen LogP contribution in [0.4, 0.5) is 8.78 Å². The first-order valence-electron chi connectivity index (χ1n) is 7.45. The van der Waals surface area contributed by atoms with Crippen molar-refractivity contribution in [3.63, 3.8) is 0 Å². The van der Waals surface area contributed by atoms with Crippen molar-refractivity contribution in [3.8, 4) is 11.5 Å². The van der Waals surface area contributed by atoms with E-state index in [1.807, 2.05) is 7.05 Å². The molecule has 1 saturated heterocycles. The van der Waals surface area contributed by atoms with E-state index in [2.05, 4.69) is 15.2 Å². The first kappa shape index (κ1) is 20.8. The Morgan fingerprint density at radius 1 is 1.29 bits per heavy atom. The van der Waals surface area contributed by atoms with Gasteiger partial charge in [-0.15, -0.1) is 24.8 Å². The van der Waals surface area contributed by atoms with Crippen molar-refractivity contribution >= 4 is 24.8 Å². The van der Waals surface area contributed by atoms with Crippen molar-refractivity contribution in [1.82, 2.24) is 15.2 Å². The van der Waals surface area contributed by atoms with Gasteiger partial charge in [-0.2, -0.15) is 0 Å². The summed E-state index contributed by atoms with van der Waals surface area (Å²) in [6, 6.07) is 4.15. The summed E-state index contributed by atoms with van der Waals surface area (Å²) in [5.41, 5.74) is 1.24. The number of halogens is 4. The first-order valence-corrected chi connectivity index (χ1v) is 7.45. The van der Waals surface area contributed by atoms with Crippen LogP contribution in [0.25, 0.3) is 11.5 Å². The summed E-state index contributed by atoms with van der Waals surface area (Å²) < 4.78 is 31.6. The Hall–Kier alpha value is -1.21. The molecule has 1 fully saturated rings. The third-order valence-electron chi connectivity index (χ3n) is 4.02. The second-order valence-corrected chi connectivity index (χ2v) is 5.64. The van der Waals surface area contributed by atoms with Gasteiger partial charge < -0.3 is 9.73 Å². The van der Waals surface area contributed by atoms with Crippen molar-refractivity contribution in [2.24, 2.45) is 0 Å². The second-order valence-electron chi connectivity index (χ2n) is 5.64. The number of aromatic nitrogens is 1. The minimum atomic E-state index is -0.898. The summed E-state index contributed by atoms with van der Waals surface area (Å²) in [5.74, 6) is -1.46. The maximum Gasteiger partial charge on any atom is 0.226 e. The van der Waals surface area contributed by atoms with Gasteiger partial charge in [-0.1, -0.05) is 0 Å². The molecular formula is C16H21Cl2F2N3O.